The second-order valence-corrected chi connectivity index (χ2v) is 7.88. The van der Waals surface area contributed by atoms with Crippen molar-refractivity contribution in [2.45, 2.75) is 32.4 Å². The van der Waals surface area contributed by atoms with Gasteiger partial charge in [0.25, 0.3) is 0 Å². The van der Waals surface area contributed by atoms with E-state index in [1.165, 1.54) is 4.88 Å². The Bertz CT molecular complexity index is 771. The Morgan fingerprint density at radius 1 is 1.08 bits per heavy atom. The first-order chi connectivity index (χ1) is 12.2. The molecule has 0 aliphatic rings. The molecule has 0 aliphatic heterocycles. The summed E-state index contributed by atoms with van der Waals surface area (Å²) in [4.78, 5) is 5.34. The highest BCUT2D eigenvalue weighted by Crippen LogP contribution is 2.22. The summed E-state index contributed by atoms with van der Waals surface area (Å²) in [5, 5.41) is 12.7. The lowest BCUT2D eigenvalue weighted by atomic mass is 10.2. The molecule has 0 radical (unpaired) electrons. The minimum absolute atomic E-state index is 0.690. The molecule has 3 rings (SSSR count). The highest BCUT2D eigenvalue weighted by molar-refractivity contribution is 7.16. The molecule has 3 aromatic rings. The van der Waals surface area contributed by atoms with Crippen LogP contribution in [-0.4, -0.2) is 38.7 Å². The molecule has 0 saturated carbocycles. The topological polar surface area (TPSA) is 46.8 Å². The molecule has 2 heterocycles. The molecule has 0 amide bonds. The third kappa shape index (κ3) is 5.63. The number of rotatable bonds is 9. The molecule has 7 heteroatoms. The summed E-state index contributed by atoms with van der Waals surface area (Å²) in [6, 6.07) is 14.0. The summed E-state index contributed by atoms with van der Waals surface area (Å²) in [6.07, 6.45) is 3.37. The van der Waals surface area contributed by atoms with E-state index in [1.807, 2.05) is 36.4 Å². The molecule has 0 saturated heterocycles. The lowest BCUT2D eigenvalue weighted by Gasteiger charge is -2.15. The molecular formula is C18H22ClN5S. The Morgan fingerprint density at radius 2 is 1.92 bits per heavy atom. The van der Waals surface area contributed by atoms with Crippen LogP contribution in [0.15, 0.2) is 42.5 Å². The number of hydrogen-bond donors (Lipinski definition) is 0. The van der Waals surface area contributed by atoms with Gasteiger partial charge >= 0.3 is 0 Å². The molecule has 1 aromatic carbocycles. The Balaban J connectivity index is 1.34. The van der Waals surface area contributed by atoms with Crippen LogP contribution in [0.1, 0.15) is 24.1 Å². The van der Waals surface area contributed by atoms with E-state index in [-0.39, 0.29) is 0 Å². The highest BCUT2D eigenvalue weighted by atomic mass is 35.5. The Hall–Kier alpha value is -1.76. The van der Waals surface area contributed by atoms with Gasteiger partial charge in [-0.1, -0.05) is 48.4 Å². The number of halogens is 1. The standard InChI is InChI=1S/C18H22ClN5S/c1-23(14-16-10-11-17(19)25-16)12-6-3-7-13-24-21-18(20-22-24)15-8-4-2-5-9-15/h2,4-5,8-11H,3,6-7,12-14H2,1H3. The average Bonchev–Trinajstić information content (AvgIpc) is 3.24. The van der Waals surface area contributed by atoms with Crippen LogP contribution in [0.25, 0.3) is 11.4 Å². The number of nitrogens with zero attached hydrogens (tertiary/aromatic N) is 5. The summed E-state index contributed by atoms with van der Waals surface area (Å²) >= 11 is 7.62. The predicted molar refractivity (Wildman–Crippen MR) is 103 cm³/mol. The second-order valence-electron chi connectivity index (χ2n) is 6.08. The lowest BCUT2D eigenvalue weighted by Crippen LogP contribution is -2.18. The lowest BCUT2D eigenvalue weighted by molar-refractivity contribution is 0.317. The summed E-state index contributed by atoms with van der Waals surface area (Å²) in [5.41, 5.74) is 1.00. The van der Waals surface area contributed by atoms with E-state index in [4.69, 9.17) is 11.6 Å². The molecule has 0 spiro atoms. The van der Waals surface area contributed by atoms with Crippen LogP contribution in [0.5, 0.6) is 0 Å². The maximum atomic E-state index is 5.97. The van der Waals surface area contributed by atoms with E-state index in [0.717, 1.165) is 48.8 Å². The van der Waals surface area contributed by atoms with Gasteiger partial charge in [-0.25, -0.2) is 0 Å². The normalized spacial score (nSPS) is 11.3. The van der Waals surface area contributed by atoms with Crippen molar-refractivity contribution in [1.29, 1.82) is 0 Å². The molecule has 0 fully saturated rings. The van der Waals surface area contributed by atoms with Crippen LogP contribution in [0.3, 0.4) is 0 Å². The number of tetrazole rings is 1. The fourth-order valence-corrected chi connectivity index (χ4v) is 3.80. The smallest absolute Gasteiger partial charge is 0.204 e. The number of aromatic nitrogens is 4. The van der Waals surface area contributed by atoms with Gasteiger partial charge in [0.2, 0.25) is 5.82 Å². The van der Waals surface area contributed by atoms with Crippen molar-refractivity contribution in [2.24, 2.45) is 0 Å². The zero-order valence-electron chi connectivity index (χ0n) is 14.3. The number of thiophene rings is 1. The fraction of sp³-hybridized carbons (Fsp3) is 0.389. The first-order valence-corrected chi connectivity index (χ1v) is 9.66. The SMILES string of the molecule is CN(CCCCCn1nnc(-c2ccccc2)n1)Cc1ccc(Cl)s1. The highest BCUT2D eigenvalue weighted by Gasteiger charge is 2.06. The Labute approximate surface area is 157 Å². The van der Waals surface area contributed by atoms with Crippen LogP contribution >= 0.6 is 22.9 Å². The van der Waals surface area contributed by atoms with Crippen molar-refractivity contribution in [3.05, 3.63) is 51.7 Å². The summed E-state index contributed by atoms with van der Waals surface area (Å²) in [5.74, 6) is 0.690. The Morgan fingerprint density at radius 3 is 2.68 bits per heavy atom. The van der Waals surface area contributed by atoms with Gasteiger partial charge in [0.1, 0.15) is 0 Å². The maximum Gasteiger partial charge on any atom is 0.204 e. The van der Waals surface area contributed by atoms with Crippen LogP contribution in [-0.2, 0) is 13.1 Å². The molecule has 0 N–H and O–H groups in total. The minimum atomic E-state index is 0.690. The van der Waals surface area contributed by atoms with E-state index >= 15 is 0 Å². The summed E-state index contributed by atoms with van der Waals surface area (Å²) < 4.78 is 0.860. The van der Waals surface area contributed by atoms with E-state index in [1.54, 1.807) is 16.1 Å². The van der Waals surface area contributed by atoms with E-state index in [9.17, 15) is 0 Å². The number of hydrogen-bond acceptors (Lipinski definition) is 5. The molecule has 0 aliphatic carbocycles. The average molecular weight is 376 g/mol. The van der Waals surface area contributed by atoms with Crippen molar-refractivity contribution in [1.82, 2.24) is 25.1 Å². The summed E-state index contributed by atoms with van der Waals surface area (Å²) in [7, 11) is 2.15. The zero-order chi connectivity index (χ0) is 17.5. The van der Waals surface area contributed by atoms with E-state index < -0.39 is 0 Å². The van der Waals surface area contributed by atoms with Gasteiger partial charge in [0.15, 0.2) is 0 Å². The third-order valence-electron chi connectivity index (χ3n) is 3.94. The zero-order valence-corrected chi connectivity index (χ0v) is 15.9. The predicted octanol–water partition coefficient (Wildman–Crippen LogP) is 4.36. The van der Waals surface area contributed by atoms with Gasteiger partial charge in [-0.2, -0.15) is 4.80 Å². The molecule has 0 bridgehead atoms. The fourth-order valence-electron chi connectivity index (χ4n) is 2.63. The molecule has 132 valence electrons. The van der Waals surface area contributed by atoms with E-state index in [2.05, 4.69) is 33.4 Å². The van der Waals surface area contributed by atoms with Gasteiger partial charge in [0.05, 0.1) is 10.9 Å². The first kappa shape index (κ1) is 18.0. The monoisotopic (exact) mass is 375 g/mol. The van der Waals surface area contributed by atoms with Gasteiger partial charge < -0.3 is 4.90 Å². The Kier molecular flexibility index (Phi) is 6.55. The maximum absolute atomic E-state index is 5.97. The molecule has 25 heavy (non-hydrogen) atoms. The van der Waals surface area contributed by atoms with Gasteiger partial charge in [-0.05, 0) is 43.8 Å². The van der Waals surface area contributed by atoms with Gasteiger partial charge in [0, 0.05) is 17.0 Å². The van der Waals surface area contributed by atoms with Crippen molar-refractivity contribution in [3.63, 3.8) is 0 Å². The quantitative estimate of drug-likeness (QED) is 0.521. The molecule has 0 atom stereocenters. The first-order valence-electron chi connectivity index (χ1n) is 8.47. The number of aryl methyl sites for hydroxylation is 1. The molecule has 2 aromatic heterocycles. The van der Waals surface area contributed by atoms with Crippen molar-refractivity contribution in [2.75, 3.05) is 13.6 Å². The van der Waals surface area contributed by atoms with E-state index in [0.29, 0.717) is 5.82 Å². The largest absolute Gasteiger partial charge is 0.301 e. The minimum Gasteiger partial charge on any atom is -0.301 e. The van der Waals surface area contributed by atoms with Gasteiger partial charge in [-0.3, -0.25) is 0 Å². The summed E-state index contributed by atoms with van der Waals surface area (Å²) in [6.45, 7) is 2.85. The van der Waals surface area contributed by atoms with Crippen molar-refractivity contribution < 1.29 is 0 Å². The second kappa shape index (κ2) is 9.08. The molecule has 0 unspecified atom stereocenters. The number of benzene rings is 1. The van der Waals surface area contributed by atoms with Gasteiger partial charge in [-0.15, -0.1) is 21.5 Å². The van der Waals surface area contributed by atoms with Crippen LogP contribution < -0.4 is 0 Å². The van der Waals surface area contributed by atoms with Crippen molar-refractivity contribution in [3.8, 4) is 11.4 Å². The van der Waals surface area contributed by atoms with Crippen LogP contribution in [0, 0.1) is 0 Å². The molecule has 5 nitrogen and oxygen atoms in total. The number of unbranched alkanes of at least 4 members (excludes halogenated alkanes) is 2. The van der Waals surface area contributed by atoms with Crippen molar-refractivity contribution >= 4 is 22.9 Å². The molecular weight excluding hydrogens is 354 g/mol. The van der Waals surface area contributed by atoms with Crippen LogP contribution in [0.4, 0.5) is 0 Å². The van der Waals surface area contributed by atoms with Crippen LogP contribution in [0.2, 0.25) is 4.34 Å². The third-order valence-corrected chi connectivity index (χ3v) is 5.15.